The number of halogens is 2. The van der Waals surface area contributed by atoms with Gasteiger partial charge in [0.15, 0.2) is 17.9 Å². The van der Waals surface area contributed by atoms with Crippen molar-refractivity contribution in [2.24, 2.45) is 5.73 Å². The van der Waals surface area contributed by atoms with Crippen LogP contribution in [0.25, 0.3) is 5.65 Å². The average molecular weight is 819 g/mol. The van der Waals surface area contributed by atoms with Gasteiger partial charge in [-0.05, 0) is 93.1 Å². The van der Waals surface area contributed by atoms with Crippen LogP contribution in [-0.2, 0) is 27.2 Å². The zero-order chi connectivity index (χ0) is 40.3. The molecule has 0 saturated heterocycles. The van der Waals surface area contributed by atoms with Crippen LogP contribution in [0, 0.1) is 6.92 Å². The number of rotatable bonds is 7. The molecule has 0 bridgehead atoms. The number of hydrogen-bond acceptors (Lipinski definition) is 11. The van der Waals surface area contributed by atoms with Gasteiger partial charge in [0, 0.05) is 12.6 Å². The van der Waals surface area contributed by atoms with Crippen molar-refractivity contribution in [2.75, 3.05) is 24.4 Å². The first-order valence-corrected chi connectivity index (χ1v) is 18.0. The molecule has 5 N–H and O–H groups in total. The molecule has 3 aromatic carbocycles. The van der Waals surface area contributed by atoms with Crippen molar-refractivity contribution in [3.63, 3.8) is 0 Å². The molecule has 17 heteroatoms. The Bertz CT molecular complexity index is 2390. The minimum Gasteiger partial charge on any atom is -0.482 e. The molecule has 15 nitrogen and oxygen atoms in total. The van der Waals surface area contributed by atoms with Crippen LogP contribution >= 0.6 is 24.0 Å². The monoisotopic (exact) mass is 817 g/mol. The van der Waals surface area contributed by atoms with E-state index >= 15 is 0 Å². The first kappa shape index (κ1) is 42.1. The molecular formula is C40H41Cl2N7O8. The Morgan fingerprint density at radius 1 is 1.04 bits per heavy atom. The Morgan fingerprint density at radius 2 is 1.79 bits per heavy atom. The summed E-state index contributed by atoms with van der Waals surface area (Å²) in [6, 6.07) is 16.7. The van der Waals surface area contributed by atoms with E-state index < -0.39 is 29.4 Å². The van der Waals surface area contributed by atoms with E-state index in [1.807, 2.05) is 52.0 Å². The highest BCUT2D eigenvalue weighted by Crippen LogP contribution is 2.35. The van der Waals surface area contributed by atoms with Crippen LogP contribution in [0.15, 0.2) is 66.9 Å². The summed E-state index contributed by atoms with van der Waals surface area (Å²) in [7, 11) is 1.19. The molecule has 2 aliphatic rings. The fourth-order valence-electron chi connectivity index (χ4n) is 6.32. The van der Waals surface area contributed by atoms with Gasteiger partial charge in [-0.25, -0.2) is 19.1 Å². The Labute approximate surface area is 339 Å². The second kappa shape index (κ2) is 17.4. The molecular weight excluding hydrogens is 777 g/mol. The number of aromatic nitrogens is 3. The second-order valence-electron chi connectivity index (χ2n) is 14.0. The zero-order valence-corrected chi connectivity index (χ0v) is 33.3. The van der Waals surface area contributed by atoms with Crippen LogP contribution in [0.5, 0.6) is 5.75 Å². The van der Waals surface area contributed by atoms with Gasteiger partial charge in [0.25, 0.3) is 17.7 Å². The molecule has 2 aromatic heterocycles. The standard InChI is InChI=1S/C31H30ClN5O6.C9H10N2O2.ClH/c1-16-17-12-13-22(19(17)11-10-18(16)29(40)43-31(2,3)4)35-28(39)25-14-24(30(41)42-5)34-26-20(15-33-37(25)26)27(38)36-23-9-7-6-8-21(23)32;10-4-6-1-2-8-7(3-6)11-9(12)5-13-8;/h6-11,14-15,22H,12-13H2,1-5H3,(H,35,39)(H,36,38);1-3H,4-5,10H2,(H,11,12);1H/t22-;;/m0../s1. The number of benzene rings is 3. The Kier molecular flexibility index (Phi) is 12.9. The number of para-hydroxylation sites is 1. The molecule has 1 aliphatic heterocycles. The number of nitrogens with zero attached hydrogens (tertiary/aromatic N) is 3. The van der Waals surface area contributed by atoms with Crippen molar-refractivity contribution in [3.05, 3.63) is 117 Å². The summed E-state index contributed by atoms with van der Waals surface area (Å²) in [6.45, 7) is 7.87. The van der Waals surface area contributed by atoms with E-state index in [0.717, 1.165) is 22.3 Å². The van der Waals surface area contributed by atoms with Gasteiger partial charge in [0.05, 0.1) is 41.3 Å². The smallest absolute Gasteiger partial charge is 0.356 e. The van der Waals surface area contributed by atoms with Crippen molar-refractivity contribution in [1.29, 1.82) is 0 Å². The third-order valence-corrected chi connectivity index (χ3v) is 9.33. The van der Waals surface area contributed by atoms with Gasteiger partial charge >= 0.3 is 11.9 Å². The van der Waals surface area contributed by atoms with E-state index in [1.165, 1.54) is 23.9 Å². The summed E-state index contributed by atoms with van der Waals surface area (Å²) in [5.74, 6) is -1.72. The van der Waals surface area contributed by atoms with Crippen molar-refractivity contribution in [2.45, 2.75) is 58.7 Å². The molecule has 0 unspecified atom stereocenters. The van der Waals surface area contributed by atoms with Gasteiger partial charge in [-0.15, -0.1) is 12.4 Å². The molecule has 1 aliphatic carbocycles. The lowest BCUT2D eigenvalue weighted by Gasteiger charge is -2.21. The minimum absolute atomic E-state index is 0. The number of anilines is 2. The number of nitrogens with two attached hydrogens (primary N) is 1. The summed E-state index contributed by atoms with van der Waals surface area (Å²) >= 11 is 6.19. The van der Waals surface area contributed by atoms with Gasteiger partial charge in [-0.2, -0.15) is 5.10 Å². The lowest BCUT2D eigenvalue weighted by Crippen LogP contribution is -2.30. The highest BCUT2D eigenvalue weighted by molar-refractivity contribution is 6.34. The fourth-order valence-corrected chi connectivity index (χ4v) is 6.50. The summed E-state index contributed by atoms with van der Waals surface area (Å²) in [5.41, 5.74) is 9.88. The molecule has 5 aromatic rings. The molecule has 0 spiro atoms. The largest absolute Gasteiger partial charge is 0.482 e. The number of nitrogens with one attached hydrogen (secondary N) is 3. The number of carbonyl (C=O) groups is 5. The Hall–Kier alpha value is -6.03. The number of amides is 3. The van der Waals surface area contributed by atoms with Crippen molar-refractivity contribution in [1.82, 2.24) is 19.9 Å². The second-order valence-corrected chi connectivity index (χ2v) is 14.4. The van der Waals surface area contributed by atoms with Gasteiger partial charge in [-0.3, -0.25) is 14.4 Å². The SMILES string of the molecule is COC(=O)c1cc(C(=O)N[C@H]2CCc3c2ccc(C(=O)OC(C)(C)C)c3C)n2ncc(C(=O)Nc3ccccc3Cl)c2n1.Cl.NCc1ccc2c(c1)NC(=O)CO2. The van der Waals surface area contributed by atoms with E-state index in [1.54, 1.807) is 30.3 Å². The number of carbonyl (C=O) groups excluding carboxylic acids is 5. The van der Waals surface area contributed by atoms with E-state index in [4.69, 9.17) is 31.5 Å². The highest BCUT2D eigenvalue weighted by Gasteiger charge is 2.31. The van der Waals surface area contributed by atoms with Gasteiger partial charge in [-0.1, -0.05) is 35.9 Å². The van der Waals surface area contributed by atoms with E-state index in [0.29, 0.717) is 47.1 Å². The summed E-state index contributed by atoms with van der Waals surface area (Å²) in [5, 5.41) is 13.0. The van der Waals surface area contributed by atoms with Crippen molar-refractivity contribution >= 4 is 70.7 Å². The highest BCUT2D eigenvalue weighted by atomic mass is 35.5. The molecule has 7 rings (SSSR count). The van der Waals surface area contributed by atoms with Crippen molar-refractivity contribution in [3.8, 4) is 5.75 Å². The average Bonchev–Trinajstić information content (AvgIpc) is 3.79. The van der Waals surface area contributed by atoms with E-state index in [-0.39, 0.29) is 53.6 Å². The molecule has 0 saturated carbocycles. The number of esters is 2. The van der Waals surface area contributed by atoms with Crippen LogP contribution < -0.4 is 26.4 Å². The van der Waals surface area contributed by atoms with Crippen LogP contribution in [-0.4, -0.2) is 63.6 Å². The third-order valence-electron chi connectivity index (χ3n) is 9.00. The first-order valence-electron chi connectivity index (χ1n) is 17.6. The molecule has 1 atom stereocenters. The third kappa shape index (κ3) is 9.34. The Morgan fingerprint density at radius 3 is 2.49 bits per heavy atom. The molecule has 3 amide bonds. The summed E-state index contributed by atoms with van der Waals surface area (Å²) in [4.78, 5) is 67.3. The topological polar surface area (TPSA) is 205 Å². The number of fused-ring (bicyclic) bond motifs is 3. The van der Waals surface area contributed by atoms with Crippen LogP contribution in [0.3, 0.4) is 0 Å². The summed E-state index contributed by atoms with van der Waals surface area (Å²) < 4.78 is 16.8. The Balaban J connectivity index is 0.000000374. The van der Waals surface area contributed by atoms with Crippen LogP contribution in [0.2, 0.25) is 5.02 Å². The van der Waals surface area contributed by atoms with Gasteiger partial charge in [0.1, 0.15) is 22.6 Å². The van der Waals surface area contributed by atoms with Crippen molar-refractivity contribution < 1.29 is 38.2 Å². The maximum atomic E-state index is 13.7. The molecule has 3 heterocycles. The normalized spacial score (nSPS) is 14.0. The minimum atomic E-state index is -0.785. The number of ether oxygens (including phenoxy) is 3. The molecule has 0 fully saturated rings. The predicted molar refractivity (Wildman–Crippen MR) is 214 cm³/mol. The van der Waals surface area contributed by atoms with Gasteiger partial charge < -0.3 is 35.9 Å². The number of methoxy groups -OCH3 is 1. The zero-order valence-electron chi connectivity index (χ0n) is 31.7. The molecule has 57 heavy (non-hydrogen) atoms. The fraction of sp³-hybridized carbons (Fsp3) is 0.275. The van der Waals surface area contributed by atoms with E-state index in [9.17, 15) is 24.0 Å². The maximum absolute atomic E-state index is 13.7. The van der Waals surface area contributed by atoms with Crippen LogP contribution in [0.1, 0.15) is 97.2 Å². The molecule has 0 radical (unpaired) electrons. The number of hydrogen-bond donors (Lipinski definition) is 4. The van der Waals surface area contributed by atoms with Crippen LogP contribution in [0.4, 0.5) is 11.4 Å². The van der Waals surface area contributed by atoms with Gasteiger partial charge in [0.2, 0.25) is 0 Å². The quantitative estimate of drug-likeness (QED) is 0.140. The summed E-state index contributed by atoms with van der Waals surface area (Å²) in [6.07, 6.45) is 2.51. The lowest BCUT2D eigenvalue weighted by atomic mass is 9.97. The van der Waals surface area contributed by atoms with E-state index in [2.05, 4.69) is 26.0 Å². The first-order chi connectivity index (χ1) is 26.7. The predicted octanol–water partition coefficient (Wildman–Crippen LogP) is 6.00. The maximum Gasteiger partial charge on any atom is 0.356 e. The molecule has 298 valence electrons. The lowest BCUT2D eigenvalue weighted by molar-refractivity contribution is -0.118.